The van der Waals surface area contributed by atoms with Gasteiger partial charge in [-0.3, -0.25) is 4.98 Å². The Morgan fingerprint density at radius 1 is 1.43 bits per heavy atom. The zero-order chi connectivity index (χ0) is 16.2. The van der Waals surface area contributed by atoms with Crippen LogP contribution < -0.4 is 5.32 Å². The molecule has 0 amide bonds. The molecule has 0 atom stereocenters. The van der Waals surface area contributed by atoms with Gasteiger partial charge in [-0.25, -0.2) is 9.78 Å². The first-order valence-corrected chi connectivity index (χ1v) is 7.40. The monoisotopic (exact) mass is 308 g/mol. The van der Waals surface area contributed by atoms with Gasteiger partial charge in [-0.05, 0) is 37.1 Å². The molecule has 6 heteroatoms. The Morgan fingerprint density at radius 2 is 2.26 bits per heavy atom. The van der Waals surface area contributed by atoms with Gasteiger partial charge in [0.2, 0.25) is 0 Å². The van der Waals surface area contributed by atoms with E-state index in [0.29, 0.717) is 29.4 Å². The van der Waals surface area contributed by atoms with E-state index in [1.807, 2.05) is 0 Å². The second kappa shape index (κ2) is 6.44. The van der Waals surface area contributed by atoms with E-state index >= 15 is 0 Å². The highest BCUT2D eigenvalue weighted by Gasteiger charge is 2.30. The number of nitrogens with zero attached hydrogens (tertiary/aromatic N) is 3. The van der Waals surface area contributed by atoms with Crippen molar-refractivity contribution in [3.8, 4) is 6.07 Å². The molecule has 116 valence electrons. The first-order chi connectivity index (χ1) is 11.2. The second-order valence-electron chi connectivity index (χ2n) is 5.37. The summed E-state index contributed by atoms with van der Waals surface area (Å²) >= 11 is 0. The third-order valence-corrected chi connectivity index (χ3v) is 3.72. The minimum absolute atomic E-state index is 0.341. The van der Waals surface area contributed by atoms with Crippen molar-refractivity contribution in [2.45, 2.75) is 25.3 Å². The van der Waals surface area contributed by atoms with Crippen molar-refractivity contribution in [3.63, 3.8) is 0 Å². The largest absolute Gasteiger partial charge is 0.465 e. The van der Waals surface area contributed by atoms with Gasteiger partial charge in [0.15, 0.2) is 0 Å². The molecule has 1 saturated carbocycles. The van der Waals surface area contributed by atoms with Crippen LogP contribution >= 0.6 is 0 Å². The molecule has 23 heavy (non-hydrogen) atoms. The number of esters is 1. The fraction of sp³-hybridized carbons (Fsp3) is 0.294. The SMILES string of the molecule is COC(=O)c1ccc(CNc2ncccc2C#N)nc1C1CC1. The maximum atomic E-state index is 11.8. The number of anilines is 1. The lowest BCUT2D eigenvalue weighted by Gasteiger charge is -2.10. The first-order valence-electron chi connectivity index (χ1n) is 7.40. The molecule has 1 aliphatic rings. The van der Waals surface area contributed by atoms with Crippen LogP contribution in [0.2, 0.25) is 0 Å². The molecule has 1 fully saturated rings. The summed E-state index contributed by atoms with van der Waals surface area (Å²) in [7, 11) is 1.37. The van der Waals surface area contributed by atoms with E-state index in [1.165, 1.54) is 7.11 Å². The third kappa shape index (κ3) is 3.29. The van der Waals surface area contributed by atoms with Crippen molar-refractivity contribution in [3.05, 3.63) is 53.0 Å². The summed E-state index contributed by atoms with van der Waals surface area (Å²) in [5, 5.41) is 12.2. The van der Waals surface area contributed by atoms with Gasteiger partial charge >= 0.3 is 5.97 Å². The zero-order valence-electron chi connectivity index (χ0n) is 12.7. The Bertz CT molecular complexity index is 778. The molecule has 0 radical (unpaired) electrons. The van der Waals surface area contributed by atoms with E-state index in [4.69, 9.17) is 10.00 Å². The quantitative estimate of drug-likeness (QED) is 0.854. The number of nitriles is 1. The molecule has 0 aliphatic heterocycles. The van der Waals surface area contributed by atoms with Gasteiger partial charge in [0.1, 0.15) is 11.9 Å². The van der Waals surface area contributed by atoms with E-state index in [1.54, 1.807) is 30.5 Å². The average Bonchev–Trinajstić information content (AvgIpc) is 3.44. The third-order valence-electron chi connectivity index (χ3n) is 3.72. The molecule has 2 heterocycles. The van der Waals surface area contributed by atoms with Crippen LogP contribution in [0.15, 0.2) is 30.5 Å². The maximum Gasteiger partial charge on any atom is 0.339 e. The highest BCUT2D eigenvalue weighted by atomic mass is 16.5. The van der Waals surface area contributed by atoms with Crippen LogP contribution in [0.25, 0.3) is 0 Å². The van der Waals surface area contributed by atoms with Gasteiger partial charge in [0.25, 0.3) is 0 Å². The highest BCUT2D eigenvalue weighted by molar-refractivity contribution is 5.90. The lowest BCUT2D eigenvalue weighted by atomic mass is 10.1. The summed E-state index contributed by atoms with van der Waals surface area (Å²) in [6.45, 7) is 0.437. The summed E-state index contributed by atoms with van der Waals surface area (Å²) in [6.07, 6.45) is 3.73. The summed E-state index contributed by atoms with van der Waals surface area (Å²) in [4.78, 5) is 20.6. The summed E-state index contributed by atoms with van der Waals surface area (Å²) in [6, 6.07) is 9.07. The molecule has 0 aromatic carbocycles. The number of methoxy groups -OCH3 is 1. The van der Waals surface area contributed by atoms with E-state index in [2.05, 4.69) is 21.4 Å². The van der Waals surface area contributed by atoms with Crippen molar-refractivity contribution in [1.29, 1.82) is 5.26 Å². The minimum Gasteiger partial charge on any atom is -0.465 e. The number of ether oxygens (including phenoxy) is 1. The van der Waals surface area contributed by atoms with Crippen LogP contribution in [-0.4, -0.2) is 23.0 Å². The van der Waals surface area contributed by atoms with Crippen molar-refractivity contribution < 1.29 is 9.53 Å². The van der Waals surface area contributed by atoms with E-state index in [-0.39, 0.29) is 5.97 Å². The van der Waals surface area contributed by atoms with E-state index < -0.39 is 0 Å². The van der Waals surface area contributed by atoms with Crippen molar-refractivity contribution >= 4 is 11.8 Å². The molecule has 6 nitrogen and oxygen atoms in total. The second-order valence-corrected chi connectivity index (χ2v) is 5.37. The molecule has 1 N–H and O–H groups in total. The summed E-state index contributed by atoms with van der Waals surface area (Å²) in [5.41, 5.74) is 2.63. The highest BCUT2D eigenvalue weighted by Crippen LogP contribution is 2.40. The van der Waals surface area contributed by atoms with Crippen LogP contribution in [-0.2, 0) is 11.3 Å². The fourth-order valence-corrected chi connectivity index (χ4v) is 2.38. The number of carbonyl (C=O) groups excluding carboxylic acids is 1. The fourth-order valence-electron chi connectivity index (χ4n) is 2.38. The Morgan fingerprint density at radius 3 is 2.96 bits per heavy atom. The Kier molecular flexibility index (Phi) is 4.20. The van der Waals surface area contributed by atoms with Gasteiger partial charge in [0, 0.05) is 12.1 Å². The van der Waals surface area contributed by atoms with E-state index in [9.17, 15) is 4.79 Å². The lowest BCUT2D eigenvalue weighted by Crippen LogP contribution is -2.11. The Balaban J connectivity index is 1.80. The molecule has 0 saturated heterocycles. The van der Waals surface area contributed by atoms with E-state index in [0.717, 1.165) is 24.2 Å². The number of aromatic nitrogens is 2. The lowest BCUT2D eigenvalue weighted by molar-refractivity contribution is 0.0598. The maximum absolute atomic E-state index is 11.8. The van der Waals surface area contributed by atoms with Crippen LogP contribution in [0.5, 0.6) is 0 Å². The van der Waals surface area contributed by atoms with Crippen LogP contribution in [0.1, 0.15) is 46.1 Å². The number of rotatable bonds is 5. The van der Waals surface area contributed by atoms with Crippen molar-refractivity contribution in [2.75, 3.05) is 12.4 Å². The van der Waals surface area contributed by atoms with Gasteiger partial charge < -0.3 is 10.1 Å². The van der Waals surface area contributed by atoms with Crippen molar-refractivity contribution in [1.82, 2.24) is 9.97 Å². The number of carbonyl (C=O) groups is 1. The Hall–Kier alpha value is -2.94. The molecule has 1 aliphatic carbocycles. The normalized spacial score (nSPS) is 13.2. The minimum atomic E-state index is -0.351. The topological polar surface area (TPSA) is 87.9 Å². The molecular formula is C17H16N4O2. The molecule has 2 aromatic rings. The number of hydrogen-bond donors (Lipinski definition) is 1. The first kappa shape index (κ1) is 15.0. The molecule has 0 unspecified atom stereocenters. The molecule has 3 rings (SSSR count). The van der Waals surface area contributed by atoms with Gasteiger partial charge in [-0.2, -0.15) is 5.26 Å². The van der Waals surface area contributed by atoms with Gasteiger partial charge in [-0.1, -0.05) is 0 Å². The molecule has 2 aromatic heterocycles. The Labute approximate surface area is 134 Å². The van der Waals surface area contributed by atoms with Crippen LogP contribution in [0, 0.1) is 11.3 Å². The smallest absolute Gasteiger partial charge is 0.339 e. The van der Waals surface area contributed by atoms with Gasteiger partial charge in [0.05, 0.1) is 36.2 Å². The number of nitrogens with one attached hydrogen (secondary N) is 1. The standard InChI is InChI=1S/C17H16N4O2/c1-23-17(22)14-7-6-13(21-15(14)11-4-5-11)10-20-16-12(9-18)3-2-8-19-16/h2-3,6-8,11H,4-5,10H2,1H3,(H,19,20). The van der Waals surface area contributed by atoms with Crippen molar-refractivity contribution in [2.24, 2.45) is 0 Å². The molecule has 0 bridgehead atoms. The molecule has 0 spiro atoms. The average molecular weight is 308 g/mol. The summed E-state index contributed by atoms with van der Waals surface area (Å²) in [5.74, 6) is 0.519. The number of pyridine rings is 2. The summed E-state index contributed by atoms with van der Waals surface area (Å²) < 4.78 is 4.81. The predicted molar refractivity (Wildman–Crippen MR) is 83.8 cm³/mol. The zero-order valence-corrected chi connectivity index (χ0v) is 12.7. The van der Waals surface area contributed by atoms with Crippen LogP contribution in [0.3, 0.4) is 0 Å². The number of hydrogen-bond acceptors (Lipinski definition) is 6. The van der Waals surface area contributed by atoms with Gasteiger partial charge in [-0.15, -0.1) is 0 Å². The van der Waals surface area contributed by atoms with Crippen LogP contribution in [0.4, 0.5) is 5.82 Å². The molecular weight excluding hydrogens is 292 g/mol. The predicted octanol–water partition coefficient (Wildman–Crippen LogP) is 2.62.